The molecule has 1 aliphatic rings. The van der Waals surface area contributed by atoms with E-state index in [2.05, 4.69) is 4.90 Å². The fourth-order valence-corrected chi connectivity index (χ4v) is 3.73. The van der Waals surface area contributed by atoms with Crippen LogP contribution in [0.3, 0.4) is 0 Å². The van der Waals surface area contributed by atoms with Crippen LogP contribution in [0.15, 0.2) is 48.5 Å². The van der Waals surface area contributed by atoms with E-state index in [-0.39, 0.29) is 28.8 Å². The summed E-state index contributed by atoms with van der Waals surface area (Å²) in [5, 5.41) is 20.5. The number of nitrogens with zero attached hydrogens (tertiary/aromatic N) is 3. The van der Waals surface area contributed by atoms with Gasteiger partial charge in [-0.2, -0.15) is 13.2 Å². The molecule has 1 amide bonds. The first-order valence-corrected chi connectivity index (χ1v) is 10.1. The number of nitro benzene ring substituents is 1. The topological polar surface area (TPSA) is 86.9 Å². The summed E-state index contributed by atoms with van der Waals surface area (Å²) in [4.78, 5) is 27.0. The number of benzene rings is 2. The van der Waals surface area contributed by atoms with Crippen molar-refractivity contribution in [2.24, 2.45) is 0 Å². The molecule has 10 heteroatoms. The van der Waals surface area contributed by atoms with E-state index in [1.54, 1.807) is 17.0 Å². The molecule has 0 bridgehead atoms. The van der Waals surface area contributed by atoms with Gasteiger partial charge in [0.2, 0.25) is 0 Å². The number of alkyl halides is 3. The van der Waals surface area contributed by atoms with E-state index in [4.69, 9.17) is 0 Å². The predicted molar refractivity (Wildman–Crippen MR) is 111 cm³/mol. The van der Waals surface area contributed by atoms with Gasteiger partial charge in [-0.1, -0.05) is 24.3 Å². The zero-order valence-corrected chi connectivity index (χ0v) is 17.7. The molecule has 172 valence electrons. The molecule has 1 N–H and O–H groups in total. The zero-order valence-electron chi connectivity index (χ0n) is 17.7. The van der Waals surface area contributed by atoms with Gasteiger partial charge in [0, 0.05) is 49.9 Å². The SMILES string of the molecule is C[C@@H]1CN(Cc2ccc([N+](=O)[O-])cc2)CCN1C(=O)c1ccc([C@](C)(O)C(F)(F)F)cc1. The van der Waals surface area contributed by atoms with Gasteiger partial charge in [0.25, 0.3) is 11.6 Å². The third-order valence-electron chi connectivity index (χ3n) is 5.77. The van der Waals surface area contributed by atoms with Crippen molar-refractivity contribution in [1.29, 1.82) is 0 Å². The largest absolute Gasteiger partial charge is 0.421 e. The van der Waals surface area contributed by atoms with Crippen LogP contribution in [-0.2, 0) is 12.1 Å². The summed E-state index contributed by atoms with van der Waals surface area (Å²) in [5.74, 6) is -0.286. The molecule has 2 aromatic rings. The number of hydrogen-bond acceptors (Lipinski definition) is 5. The summed E-state index contributed by atoms with van der Waals surface area (Å²) in [6, 6.07) is 11.0. The lowest BCUT2D eigenvalue weighted by molar-refractivity contribution is -0.384. The minimum Gasteiger partial charge on any atom is -0.376 e. The average Bonchev–Trinajstić information content (AvgIpc) is 2.73. The molecular formula is C22H24F3N3O4. The molecule has 0 unspecified atom stereocenters. The molecule has 32 heavy (non-hydrogen) atoms. The van der Waals surface area contributed by atoms with Crippen molar-refractivity contribution in [2.45, 2.75) is 38.2 Å². The number of hydrogen-bond donors (Lipinski definition) is 1. The van der Waals surface area contributed by atoms with E-state index in [1.807, 2.05) is 6.92 Å². The quantitative estimate of drug-likeness (QED) is 0.553. The predicted octanol–water partition coefficient (Wildman–Crippen LogP) is 3.71. The maximum Gasteiger partial charge on any atom is 0.421 e. The van der Waals surface area contributed by atoms with Crippen LogP contribution in [0.1, 0.15) is 35.3 Å². The van der Waals surface area contributed by atoms with Gasteiger partial charge in [-0.25, -0.2) is 0 Å². The van der Waals surface area contributed by atoms with E-state index >= 15 is 0 Å². The third kappa shape index (κ3) is 4.91. The Bertz CT molecular complexity index is 975. The van der Waals surface area contributed by atoms with E-state index in [9.17, 15) is 33.2 Å². The second-order valence-corrected chi connectivity index (χ2v) is 8.15. The highest BCUT2D eigenvalue weighted by molar-refractivity contribution is 5.94. The molecule has 1 fully saturated rings. The monoisotopic (exact) mass is 451 g/mol. The summed E-state index contributed by atoms with van der Waals surface area (Å²) >= 11 is 0. The van der Waals surface area contributed by atoms with Crippen LogP contribution in [-0.4, -0.2) is 57.6 Å². The van der Waals surface area contributed by atoms with Gasteiger partial charge in [0.05, 0.1) is 4.92 Å². The van der Waals surface area contributed by atoms with E-state index in [0.29, 0.717) is 33.1 Å². The Balaban J connectivity index is 1.62. The molecule has 3 rings (SSSR count). The maximum atomic E-state index is 13.0. The van der Waals surface area contributed by atoms with Crippen molar-refractivity contribution >= 4 is 11.6 Å². The van der Waals surface area contributed by atoms with E-state index < -0.39 is 16.7 Å². The molecule has 0 spiro atoms. The number of amides is 1. The normalized spacial score (nSPS) is 19.4. The number of carbonyl (C=O) groups is 1. The van der Waals surface area contributed by atoms with Crippen LogP contribution >= 0.6 is 0 Å². The fraction of sp³-hybridized carbons (Fsp3) is 0.409. The number of halogens is 3. The van der Waals surface area contributed by atoms with Gasteiger partial charge < -0.3 is 10.0 Å². The summed E-state index contributed by atoms with van der Waals surface area (Å²) in [6.07, 6.45) is -4.83. The summed E-state index contributed by atoms with van der Waals surface area (Å²) in [6.45, 7) is 4.77. The average molecular weight is 451 g/mol. The molecule has 7 nitrogen and oxygen atoms in total. The molecule has 0 aliphatic carbocycles. The maximum absolute atomic E-state index is 13.0. The van der Waals surface area contributed by atoms with Crippen LogP contribution in [0.5, 0.6) is 0 Å². The van der Waals surface area contributed by atoms with Crippen molar-refractivity contribution in [1.82, 2.24) is 9.80 Å². The second kappa shape index (κ2) is 8.87. The molecule has 2 atom stereocenters. The van der Waals surface area contributed by atoms with Crippen molar-refractivity contribution < 1.29 is 28.0 Å². The van der Waals surface area contributed by atoms with Crippen LogP contribution < -0.4 is 0 Å². The Morgan fingerprint density at radius 3 is 2.22 bits per heavy atom. The minimum atomic E-state index is -4.83. The zero-order chi connectivity index (χ0) is 23.7. The lowest BCUT2D eigenvalue weighted by Gasteiger charge is -2.40. The highest BCUT2D eigenvalue weighted by Gasteiger charge is 2.51. The van der Waals surface area contributed by atoms with Crippen molar-refractivity contribution in [2.75, 3.05) is 19.6 Å². The smallest absolute Gasteiger partial charge is 0.376 e. The lowest BCUT2D eigenvalue weighted by atomic mass is 9.94. The molecule has 1 saturated heterocycles. The van der Waals surface area contributed by atoms with Crippen LogP contribution in [0.25, 0.3) is 0 Å². The Hall–Kier alpha value is -2.98. The third-order valence-corrected chi connectivity index (χ3v) is 5.77. The Morgan fingerprint density at radius 1 is 1.12 bits per heavy atom. The molecule has 0 saturated carbocycles. The summed E-state index contributed by atoms with van der Waals surface area (Å²) in [7, 11) is 0. The Morgan fingerprint density at radius 2 is 1.72 bits per heavy atom. The number of rotatable bonds is 5. The van der Waals surface area contributed by atoms with Crippen molar-refractivity contribution in [3.05, 3.63) is 75.3 Å². The van der Waals surface area contributed by atoms with Crippen LogP contribution in [0.2, 0.25) is 0 Å². The number of non-ortho nitro benzene ring substituents is 1. The van der Waals surface area contributed by atoms with Gasteiger partial charge in [0.1, 0.15) is 0 Å². The molecule has 0 radical (unpaired) electrons. The summed E-state index contributed by atoms with van der Waals surface area (Å²) < 4.78 is 39.0. The number of nitro groups is 1. The molecule has 0 aromatic heterocycles. The minimum absolute atomic E-state index is 0.0281. The molecule has 1 aliphatic heterocycles. The van der Waals surface area contributed by atoms with Crippen molar-refractivity contribution in [3.63, 3.8) is 0 Å². The lowest BCUT2D eigenvalue weighted by Crippen LogP contribution is -2.53. The second-order valence-electron chi connectivity index (χ2n) is 8.15. The Labute approximate surface area is 183 Å². The summed E-state index contributed by atoms with van der Waals surface area (Å²) in [5.41, 5.74) is -2.12. The van der Waals surface area contributed by atoms with Gasteiger partial charge in [-0.3, -0.25) is 19.8 Å². The highest BCUT2D eigenvalue weighted by Crippen LogP contribution is 2.38. The number of aliphatic hydroxyl groups is 1. The van der Waals surface area contributed by atoms with Crippen LogP contribution in [0.4, 0.5) is 18.9 Å². The first kappa shape index (κ1) is 23.7. The molecule has 1 heterocycles. The van der Waals surface area contributed by atoms with Crippen molar-refractivity contribution in [3.8, 4) is 0 Å². The first-order valence-electron chi connectivity index (χ1n) is 10.1. The van der Waals surface area contributed by atoms with Crippen LogP contribution in [0, 0.1) is 10.1 Å². The van der Waals surface area contributed by atoms with Gasteiger partial charge >= 0.3 is 6.18 Å². The number of carbonyl (C=O) groups excluding carboxylic acids is 1. The standard InChI is InChI=1S/C22H24F3N3O4/c1-15-13-26(14-16-3-9-19(10-4-16)28(31)32)11-12-27(15)20(29)17-5-7-18(8-6-17)21(2,30)22(23,24)25/h3-10,15,30H,11-14H2,1-2H3/t15-,21+/m1/s1. The molecule has 2 aromatic carbocycles. The van der Waals surface area contributed by atoms with Gasteiger partial charge in [-0.15, -0.1) is 0 Å². The Kier molecular flexibility index (Phi) is 6.56. The van der Waals surface area contributed by atoms with E-state index in [0.717, 1.165) is 17.7 Å². The number of piperazine rings is 1. The van der Waals surface area contributed by atoms with Gasteiger partial charge in [-0.05, 0) is 37.1 Å². The fourth-order valence-electron chi connectivity index (χ4n) is 3.73. The molecular weight excluding hydrogens is 427 g/mol. The van der Waals surface area contributed by atoms with Gasteiger partial charge in [0.15, 0.2) is 5.60 Å². The van der Waals surface area contributed by atoms with E-state index in [1.165, 1.54) is 24.3 Å². The highest BCUT2D eigenvalue weighted by atomic mass is 19.4. The first-order chi connectivity index (χ1) is 14.9.